The van der Waals surface area contributed by atoms with Crippen molar-refractivity contribution in [3.63, 3.8) is 0 Å². The van der Waals surface area contributed by atoms with Gasteiger partial charge in [-0.2, -0.15) is 9.97 Å². The third kappa shape index (κ3) is 8.12. The second-order valence-electron chi connectivity index (χ2n) is 16.6. The Kier molecular flexibility index (Phi) is 11.6. The van der Waals surface area contributed by atoms with Crippen molar-refractivity contribution in [1.29, 1.82) is 0 Å². The third-order valence-corrected chi connectivity index (χ3v) is 12.8. The van der Waals surface area contributed by atoms with E-state index in [0.29, 0.717) is 30.9 Å². The van der Waals surface area contributed by atoms with Gasteiger partial charge in [0.25, 0.3) is 0 Å². The van der Waals surface area contributed by atoms with Crippen LogP contribution >= 0.6 is 11.6 Å². The molecule has 10 nitrogen and oxygen atoms in total. The van der Waals surface area contributed by atoms with E-state index in [4.69, 9.17) is 21.1 Å². The number of aromatic hydroxyl groups is 1. The Labute approximate surface area is 326 Å². The molecule has 3 atom stereocenters. The summed E-state index contributed by atoms with van der Waals surface area (Å²) in [5, 5.41) is 13.6. The highest BCUT2D eigenvalue weighted by Gasteiger charge is 2.50. The van der Waals surface area contributed by atoms with Crippen molar-refractivity contribution in [2.75, 3.05) is 44.4 Å². The molecule has 1 aliphatic heterocycles. The quantitative estimate of drug-likeness (QED) is 0.126. The number of halogens is 3. The van der Waals surface area contributed by atoms with E-state index in [2.05, 4.69) is 21.9 Å². The molecule has 8 rings (SSSR count). The van der Waals surface area contributed by atoms with Gasteiger partial charge in [-0.15, -0.1) is 0 Å². The summed E-state index contributed by atoms with van der Waals surface area (Å²) in [6, 6.07) is 4.51. The van der Waals surface area contributed by atoms with E-state index in [1.807, 2.05) is 25.7 Å². The third-order valence-electron chi connectivity index (χ3n) is 12.5. The Morgan fingerprint density at radius 3 is 2.44 bits per heavy atom. The van der Waals surface area contributed by atoms with E-state index < -0.39 is 17.4 Å². The van der Waals surface area contributed by atoms with Gasteiger partial charge >= 0.3 is 6.01 Å². The molecule has 5 fully saturated rings. The van der Waals surface area contributed by atoms with E-state index in [1.54, 1.807) is 4.90 Å². The summed E-state index contributed by atoms with van der Waals surface area (Å²) < 4.78 is 43.1. The van der Waals surface area contributed by atoms with Crippen molar-refractivity contribution in [3.05, 3.63) is 53.6 Å². The maximum atomic E-state index is 16.5. The van der Waals surface area contributed by atoms with Crippen LogP contribution < -0.4 is 15.0 Å². The first kappa shape index (κ1) is 39.2. The summed E-state index contributed by atoms with van der Waals surface area (Å²) >= 11 is 6.61. The van der Waals surface area contributed by atoms with E-state index in [1.165, 1.54) is 62.8 Å². The summed E-state index contributed by atoms with van der Waals surface area (Å²) in [5.74, 6) is 0.579. The molecule has 0 unspecified atom stereocenters. The molecule has 0 spiro atoms. The molecule has 4 aliphatic carbocycles. The summed E-state index contributed by atoms with van der Waals surface area (Å²) in [4.78, 5) is 38.2. The number of phenols is 1. The molecule has 2 aromatic carbocycles. The normalized spacial score (nSPS) is 26.3. The van der Waals surface area contributed by atoms with Crippen molar-refractivity contribution in [1.82, 2.24) is 20.2 Å². The highest BCUT2D eigenvalue weighted by molar-refractivity contribution is 6.34. The number of fused-ring (bicyclic) bond motifs is 1. The van der Waals surface area contributed by atoms with Crippen molar-refractivity contribution in [2.24, 2.45) is 29.1 Å². The van der Waals surface area contributed by atoms with E-state index in [9.17, 15) is 19.1 Å². The molecule has 4 bridgehead atoms. The lowest BCUT2D eigenvalue weighted by Crippen LogP contribution is -2.58. The van der Waals surface area contributed by atoms with Crippen LogP contribution in [-0.2, 0) is 14.3 Å². The number of ether oxygens (including phenoxy) is 2. The maximum Gasteiger partial charge on any atom is 0.319 e. The smallest absolute Gasteiger partial charge is 0.319 e. The summed E-state index contributed by atoms with van der Waals surface area (Å²) in [6.45, 7) is 11.0. The Hall–Kier alpha value is -4.03. The Morgan fingerprint density at radius 2 is 1.76 bits per heavy atom. The lowest BCUT2D eigenvalue weighted by molar-refractivity contribution is -0.129. The molecule has 4 saturated carbocycles. The van der Waals surface area contributed by atoms with Crippen LogP contribution in [0, 0.1) is 40.7 Å². The molecule has 3 aromatic rings. The van der Waals surface area contributed by atoms with Crippen molar-refractivity contribution < 1.29 is 33.0 Å². The molecule has 13 heteroatoms. The first-order valence-corrected chi connectivity index (χ1v) is 20.1. The van der Waals surface area contributed by atoms with Gasteiger partial charge in [0.15, 0.2) is 5.82 Å². The Balaban J connectivity index is 0.992. The van der Waals surface area contributed by atoms with Gasteiger partial charge < -0.3 is 29.7 Å². The number of anilines is 1. The standard InChI is InChI=1S/C42H52ClF2N5O5/c1-5-34(52)49-22-26(4)50(23-25(49)3)39-30-18-31(43)35(36-32(44)7-6-8-33(36)51)37(45)38(30)47-41(48-39)55-14-13-54-12-11-46-40(53)24(2)9-10-42-19-27-15-28(20-42)17-29(16-27)21-42/h5-8,18,24-29,51H,1,9-17,19-23H2,2-4H3,(H,46,53)/t24-,25-,26+,27?,28?,29?,42?/m1/s1. The average molecular weight is 780 g/mol. The topological polar surface area (TPSA) is 117 Å². The predicted octanol–water partition coefficient (Wildman–Crippen LogP) is 7.69. The number of nitrogens with zero attached hydrogens (tertiary/aromatic N) is 4. The lowest BCUT2D eigenvalue weighted by atomic mass is 9.48. The van der Waals surface area contributed by atoms with Crippen LogP contribution in [0.3, 0.4) is 0 Å². The number of phenolic OH excluding ortho intramolecular Hbond substituents is 1. The van der Waals surface area contributed by atoms with E-state index in [-0.39, 0.29) is 82.7 Å². The largest absolute Gasteiger partial charge is 0.507 e. The number of hydrogen-bond acceptors (Lipinski definition) is 8. The van der Waals surface area contributed by atoms with Crippen molar-refractivity contribution in [3.8, 4) is 22.9 Å². The number of carbonyl (C=O) groups excluding carboxylic acids is 2. The fourth-order valence-electron chi connectivity index (χ4n) is 10.2. The number of carbonyl (C=O) groups is 2. The minimum atomic E-state index is -0.947. The summed E-state index contributed by atoms with van der Waals surface area (Å²) in [5.41, 5.74) is -0.433. The zero-order valence-corrected chi connectivity index (χ0v) is 32.7. The zero-order chi connectivity index (χ0) is 39.0. The van der Waals surface area contributed by atoms with Crippen LogP contribution in [0.5, 0.6) is 11.8 Å². The second kappa shape index (κ2) is 16.2. The first-order valence-electron chi connectivity index (χ1n) is 19.7. The average Bonchev–Trinajstić information content (AvgIpc) is 3.14. The summed E-state index contributed by atoms with van der Waals surface area (Å²) in [7, 11) is 0. The molecule has 5 aliphatic rings. The van der Waals surface area contributed by atoms with Gasteiger partial charge in [0.1, 0.15) is 29.5 Å². The minimum Gasteiger partial charge on any atom is -0.507 e. The van der Waals surface area contributed by atoms with E-state index in [0.717, 1.165) is 36.7 Å². The molecule has 55 heavy (non-hydrogen) atoms. The fraction of sp³-hybridized carbons (Fsp3) is 0.571. The molecule has 1 aromatic heterocycles. The molecule has 1 saturated heterocycles. The van der Waals surface area contributed by atoms with E-state index >= 15 is 4.39 Å². The molecular weight excluding hydrogens is 728 g/mol. The zero-order valence-electron chi connectivity index (χ0n) is 32.0. The highest BCUT2D eigenvalue weighted by Crippen LogP contribution is 2.61. The highest BCUT2D eigenvalue weighted by atomic mass is 35.5. The molecule has 2 amide bonds. The van der Waals surface area contributed by atoms with Crippen LogP contribution in [0.25, 0.3) is 22.0 Å². The van der Waals surface area contributed by atoms with Gasteiger partial charge in [-0.1, -0.05) is 31.2 Å². The van der Waals surface area contributed by atoms with Crippen molar-refractivity contribution >= 4 is 40.1 Å². The van der Waals surface area contributed by atoms with Crippen LogP contribution in [0.4, 0.5) is 14.6 Å². The maximum absolute atomic E-state index is 16.5. The number of aromatic nitrogens is 2. The Bertz CT molecular complexity index is 1890. The molecular formula is C42H52ClF2N5O5. The molecule has 296 valence electrons. The SMILES string of the molecule is C=CC(=O)N1C[C@H](C)N(c2nc(OCCOCCNC(=O)[C@H](C)CCC34CC5CC(CC(C5)C3)C4)nc3c(F)c(-c4c(O)cccc4F)c(Cl)cc23)C[C@H]1C. The monoisotopic (exact) mass is 779 g/mol. The van der Waals surface area contributed by atoms with Gasteiger partial charge in [-0.05, 0) is 113 Å². The van der Waals surface area contributed by atoms with Gasteiger partial charge in [0.05, 0.1) is 23.8 Å². The van der Waals surface area contributed by atoms with Crippen LogP contribution in [0.15, 0.2) is 36.9 Å². The number of amides is 2. The van der Waals surface area contributed by atoms with Crippen LogP contribution in [0.2, 0.25) is 5.02 Å². The number of rotatable bonds is 14. The Morgan fingerprint density at radius 1 is 1.05 bits per heavy atom. The van der Waals surface area contributed by atoms with Crippen molar-refractivity contribution in [2.45, 2.75) is 84.2 Å². The molecule has 2 heterocycles. The van der Waals surface area contributed by atoms with Crippen LogP contribution in [0.1, 0.15) is 72.1 Å². The molecule has 0 radical (unpaired) electrons. The fourth-order valence-corrected chi connectivity index (χ4v) is 10.5. The second-order valence-corrected chi connectivity index (χ2v) is 17.0. The number of piperazine rings is 1. The number of nitrogens with one attached hydrogen (secondary N) is 1. The number of benzene rings is 2. The van der Waals surface area contributed by atoms with Gasteiger partial charge in [-0.3, -0.25) is 9.59 Å². The minimum absolute atomic E-state index is 0.0318. The molecule has 2 N–H and O–H groups in total. The number of hydrogen-bond donors (Lipinski definition) is 2. The van der Waals surface area contributed by atoms with Gasteiger partial charge in [0.2, 0.25) is 11.8 Å². The first-order chi connectivity index (χ1) is 26.4. The van der Waals surface area contributed by atoms with Gasteiger partial charge in [0, 0.05) is 48.6 Å². The van der Waals surface area contributed by atoms with Crippen LogP contribution in [-0.4, -0.2) is 83.3 Å². The predicted molar refractivity (Wildman–Crippen MR) is 208 cm³/mol. The van der Waals surface area contributed by atoms with Gasteiger partial charge in [-0.25, -0.2) is 8.78 Å². The lowest BCUT2D eigenvalue weighted by Gasteiger charge is -2.57. The summed E-state index contributed by atoms with van der Waals surface area (Å²) in [6.07, 6.45) is 11.7.